The summed E-state index contributed by atoms with van der Waals surface area (Å²) in [5, 5.41) is 0.521. The number of carbonyl (C=O) groups excluding carboxylic acids is 2. The topological polar surface area (TPSA) is 55.8 Å². The van der Waals surface area contributed by atoms with Gasteiger partial charge >= 0.3 is 0 Å². The van der Waals surface area contributed by atoms with E-state index < -0.39 is 24.2 Å². The van der Waals surface area contributed by atoms with Crippen molar-refractivity contribution >= 4 is 23.3 Å². The molecule has 0 N–H and O–H groups in total. The van der Waals surface area contributed by atoms with Crippen LogP contribution in [0.15, 0.2) is 59.9 Å². The van der Waals surface area contributed by atoms with Crippen LogP contribution in [0.1, 0.15) is 36.4 Å². The van der Waals surface area contributed by atoms with E-state index >= 15 is 0 Å². The number of hydrogen-bond acceptors (Lipinski definition) is 4. The number of methoxy groups -OCH3 is 1. The maximum Gasteiger partial charge on any atom is 0.290 e. The van der Waals surface area contributed by atoms with Gasteiger partial charge in [-0.3, -0.25) is 9.59 Å². The minimum absolute atomic E-state index is 0.123. The Morgan fingerprint density at radius 2 is 1.94 bits per heavy atom. The van der Waals surface area contributed by atoms with Gasteiger partial charge in [0.25, 0.3) is 5.91 Å². The van der Waals surface area contributed by atoms with Crippen molar-refractivity contribution in [3.8, 4) is 5.75 Å². The highest BCUT2D eigenvalue weighted by Crippen LogP contribution is 2.47. The number of fused-ring (bicyclic) bond motifs is 1. The molecule has 1 aliphatic carbocycles. The fourth-order valence-corrected chi connectivity index (χ4v) is 5.36. The maximum absolute atomic E-state index is 14.1. The second-order valence-electron chi connectivity index (χ2n) is 8.83. The summed E-state index contributed by atoms with van der Waals surface area (Å²) in [6.07, 6.45) is 0.0748. The van der Waals surface area contributed by atoms with Crippen LogP contribution < -0.4 is 4.74 Å². The zero-order valence-electron chi connectivity index (χ0n) is 18.3. The van der Waals surface area contributed by atoms with Crippen LogP contribution in [0.5, 0.6) is 5.75 Å². The number of Topliss-reactive ketones (excluding diaryl/α,β-unsaturated/α-hetero) is 1. The van der Waals surface area contributed by atoms with Crippen LogP contribution in [0.3, 0.4) is 0 Å². The molecule has 0 spiro atoms. The lowest BCUT2D eigenvalue weighted by Gasteiger charge is -2.36. The SMILES string of the molecule is COc1ccc(CCN2C(=O)C3=C(C(=O)C4CC(F)CCC4O3)C2c2cccc(Cl)c2)cc1. The van der Waals surface area contributed by atoms with Gasteiger partial charge in [0, 0.05) is 11.6 Å². The smallest absolute Gasteiger partial charge is 0.290 e. The molecule has 0 saturated heterocycles. The Kier molecular flexibility index (Phi) is 5.87. The lowest BCUT2D eigenvalue weighted by atomic mass is 9.77. The second-order valence-corrected chi connectivity index (χ2v) is 9.27. The van der Waals surface area contributed by atoms with Crippen LogP contribution in [0, 0.1) is 5.92 Å². The van der Waals surface area contributed by atoms with Gasteiger partial charge < -0.3 is 14.4 Å². The first-order valence-corrected chi connectivity index (χ1v) is 11.6. The molecule has 1 amide bonds. The van der Waals surface area contributed by atoms with Crippen molar-refractivity contribution in [3.05, 3.63) is 76.0 Å². The molecule has 2 heterocycles. The summed E-state index contributed by atoms with van der Waals surface area (Å²) in [6, 6.07) is 14.3. The first kappa shape index (κ1) is 22.0. The number of alkyl halides is 1. The summed E-state index contributed by atoms with van der Waals surface area (Å²) in [4.78, 5) is 28.7. The highest BCUT2D eigenvalue weighted by molar-refractivity contribution is 6.30. The summed E-state index contributed by atoms with van der Waals surface area (Å²) in [6.45, 7) is 0.396. The van der Waals surface area contributed by atoms with Gasteiger partial charge in [0.05, 0.1) is 24.6 Å². The highest BCUT2D eigenvalue weighted by atomic mass is 35.5. The average molecular weight is 470 g/mol. The molecule has 0 radical (unpaired) electrons. The number of rotatable bonds is 5. The number of amides is 1. The van der Waals surface area contributed by atoms with Gasteiger partial charge in [-0.15, -0.1) is 0 Å². The number of halogens is 2. The monoisotopic (exact) mass is 469 g/mol. The predicted octanol–water partition coefficient (Wildman–Crippen LogP) is 4.83. The van der Waals surface area contributed by atoms with E-state index in [4.69, 9.17) is 21.1 Å². The molecule has 4 atom stereocenters. The van der Waals surface area contributed by atoms with E-state index in [9.17, 15) is 14.0 Å². The van der Waals surface area contributed by atoms with E-state index in [0.29, 0.717) is 36.4 Å². The predicted molar refractivity (Wildman–Crippen MR) is 122 cm³/mol. The zero-order valence-corrected chi connectivity index (χ0v) is 19.1. The number of ether oxygens (including phenoxy) is 2. The Hall–Kier alpha value is -2.86. The Morgan fingerprint density at radius 1 is 1.15 bits per heavy atom. The minimum Gasteiger partial charge on any atom is -0.497 e. The standard InChI is InChI=1S/C26H25ClFNO4/c1-32-19-8-5-15(6-9-19)11-12-29-23(16-3-2-4-17(27)13-16)22-24(30)20-14-18(28)7-10-21(20)33-25(22)26(29)31/h2-6,8-9,13,18,20-21,23H,7,10-12,14H2,1H3. The van der Waals surface area contributed by atoms with Crippen LogP contribution in [0.25, 0.3) is 0 Å². The molecule has 172 valence electrons. The summed E-state index contributed by atoms with van der Waals surface area (Å²) in [5.74, 6) is -0.133. The molecule has 2 aromatic rings. The third-order valence-electron chi connectivity index (χ3n) is 6.84. The van der Waals surface area contributed by atoms with Crippen LogP contribution in [0.4, 0.5) is 4.39 Å². The Morgan fingerprint density at radius 3 is 2.67 bits per heavy atom. The summed E-state index contributed by atoms with van der Waals surface area (Å²) in [5.41, 5.74) is 2.13. The zero-order chi connectivity index (χ0) is 23.1. The van der Waals surface area contributed by atoms with E-state index in [-0.39, 0.29) is 23.9 Å². The van der Waals surface area contributed by atoms with E-state index in [2.05, 4.69) is 0 Å². The third-order valence-corrected chi connectivity index (χ3v) is 7.08. The molecular formula is C26H25ClFNO4. The van der Waals surface area contributed by atoms with Crippen molar-refractivity contribution in [2.45, 2.75) is 44.0 Å². The van der Waals surface area contributed by atoms with Crippen LogP contribution in [0.2, 0.25) is 5.02 Å². The molecule has 5 nitrogen and oxygen atoms in total. The van der Waals surface area contributed by atoms with E-state index in [1.165, 1.54) is 0 Å². The van der Waals surface area contributed by atoms with Gasteiger partial charge in [0.1, 0.15) is 18.0 Å². The molecule has 2 aliphatic heterocycles. The third kappa shape index (κ3) is 4.01. The molecule has 4 unspecified atom stereocenters. The quantitative estimate of drug-likeness (QED) is 0.629. The molecule has 1 saturated carbocycles. The number of ketones is 1. The largest absolute Gasteiger partial charge is 0.497 e. The molecular weight excluding hydrogens is 445 g/mol. The lowest BCUT2D eigenvalue weighted by Crippen LogP contribution is -2.42. The number of benzene rings is 2. The Balaban J connectivity index is 1.48. The molecule has 1 fully saturated rings. The fourth-order valence-electron chi connectivity index (χ4n) is 5.16. The van der Waals surface area contributed by atoms with Gasteiger partial charge in [-0.1, -0.05) is 35.9 Å². The van der Waals surface area contributed by atoms with Crippen LogP contribution in [-0.4, -0.2) is 42.5 Å². The van der Waals surface area contributed by atoms with Crippen molar-refractivity contribution < 1.29 is 23.5 Å². The van der Waals surface area contributed by atoms with E-state index in [1.807, 2.05) is 30.3 Å². The van der Waals surface area contributed by atoms with Crippen molar-refractivity contribution in [2.24, 2.45) is 5.92 Å². The van der Waals surface area contributed by atoms with Gasteiger partial charge in [-0.2, -0.15) is 0 Å². The van der Waals surface area contributed by atoms with Crippen molar-refractivity contribution in [1.29, 1.82) is 0 Å². The molecule has 33 heavy (non-hydrogen) atoms. The van der Waals surface area contributed by atoms with Crippen LogP contribution in [-0.2, 0) is 20.7 Å². The lowest BCUT2D eigenvalue weighted by molar-refractivity contribution is -0.136. The second kappa shape index (κ2) is 8.82. The van der Waals surface area contributed by atoms with Gasteiger partial charge in [0.2, 0.25) is 0 Å². The Labute approximate surface area is 197 Å². The summed E-state index contributed by atoms with van der Waals surface area (Å²) < 4.78 is 25.4. The number of carbonyl (C=O) groups is 2. The van der Waals surface area contributed by atoms with Crippen molar-refractivity contribution in [2.75, 3.05) is 13.7 Å². The van der Waals surface area contributed by atoms with Crippen molar-refractivity contribution in [1.82, 2.24) is 4.90 Å². The summed E-state index contributed by atoms with van der Waals surface area (Å²) >= 11 is 6.25. The number of nitrogens with zero attached hydrogens (tertiary/aromatic N) is 1. The molecule has 5 rings (SSSR count). The van der Waals surface area contributed by atoms with E-state index in [0.717, 1.165) is 16.9 Å². The highest BCUT2D eigenvalue weighted by Gasteiger charge is 2.52. The summed E-state index contributed by atoms with van der Waals surface area (Å²) in [7, 11) is 1.61. The van der Waals surface area contributed by atoms with Crippen molar-refractivity contribution in [3.63, 3.8) is 0 Å². The molecule has 0 bridgehead atoms. The fraction of sp³-hybridized carbons (Fsp3) is 0.385. The number of hydrogen-bond donors (Lipinski definition) is 0. The molecule has 2 aromatic carbocycles. The van der Waals surface area contributed by atoms with E-state index in [1.54, 1.807) is 30.2 Å². The molecule has 3 aliphatic rings. The first-order valence-electron chi connectivity index (χ1n) is 11.2. The first-order chi connectivity index (χ1) is 16.0. The Bertz CT molecular complexity index is 1120. The average Bonchev–Trinajstić information content (AvgIpc) is 3.10. The van der Waals surface area contributed by atoms with Gasteiger partial charge in [-0.05, 0) is 61.1 Å². The normalized spacial score (nSPS) is 26.7. The minimum atomic E-state index is -1.02. The van der Waals surface area contributed by atoms with Crippen LogP contribution >= 0.6 is 11.6 Å². The molecule has 7 heteroatoms. The van der Waals surface area contributed by atoms with Gasteiger partial charge in [-0.25, -0.2) is 4.39 Å². The molecule has 0 aromatic heterocycles. The van der Waals surface area contributed by atoms with Gasteiger partial charge in [0.15, 0.2) is 11.5 Å². The maximum atomic E-state index is 14.1.